The summed E-state index contributed by atoms with van der Waals surface area (Å²) in [4.78, 5) is 13.8. The van der Waals surface area contributed by atoms with Crippen LogP contribution < -0.4 is 10.5 Å². The molecule has 0 aromatic heterocycles. The molecule has 0 aliphatic carbocycles. The summed E-state index contributed by atoms with van der Waals surface area (Å²) in [5, 5.41) is -0.0939. The highest BCUT2D eigenvalue weighted by Gasteiger charge is 2.22. The Morgan fingerprint density at radius 3 is 2.35 bits per heavy atom. The first-order chi connectivity index (χ1) is 12.7. The average molecular weight is 363 g/mol. The number of thioether (sulfide) groups is 1. The predicted octanol–water partition coefficient (Wildman–Crippen LogP) is 5.38. The van der Waals surface area contributed by atoms with Crippen molar-refractivity contribution >= 4 is 23.2 Å². The lowest BCUT2D eigenvalue weighted by Gasteiger charge is -2.20. The Morgan fingerprint density at radius 1 is 0.962 bits per heavy atom. The molecule has 0 spiro atoms. The van der Waals surface area contributed by atoms with Crippen molar-refractivity contribution in [2.75, 3.05) is 12.8 Å². The van der Waals surface area contributed by atoms with Gasteiger partial charge in [-0.3, -0.25) is 4.79 Å². The summed E-state index contributed by atoms with van der Waals surface area (Å²) < 4.78 is 5.53. The third-order valence-electron chi connectivity index (χ3n) is 4.14. The standard InChI is InChI=1S/C22H21NO2S/c1-25-20-13-7-5-11-17(20)22(26-21-14-8-6-12-18(21)23)15-19(24)16-9-3-2-4-10-16/h2-14,22H,15,23H2,1H3/t22-/m0/s1. The summed E-state index contributed by atoms with van der Waals surface area (Å²) in [7, 11) is 1.65. The summed E-state index contributed by atoms with van der Waals surface area (Å²) in [5.41, 5.74) is 8.54. The van der Waals surface area contributed by atoms with Crippen molar-refractivity contribution in [2.45, 2.75) is 16.6 Å². The Hall–Kier alpha value is -2.72. The molecule has 132 valence electrons. The number of hydrogen-bond acceptors (Lipinski definition) is 4. The van der Waals surface area contributed by atoms with E-state index in [9.17, 15) is 4.79 Å². The molecule has 0 heterocycles. The number of hydrogen-bond donors (Lipinski definition) is 1. The van der Waals surface area contributed by atoms with Gasteiger partial charge in [0.05, 0.1) is 7.11 Å². The smallest absolute Gasteiger partial charge is 0.164 e. The van der Waals surface area contributed by atoms with Crippen LogP contribution in [0.1, 0.15) is 27.6 Å². The third kappa shape index (κ3) is 4.27. The van der Waals surface area contributed by atoms with Gasteiger partial charge in [0.1, 0.15) is 5.75 Å². The fourth-order valence-corrected chi connectivity index (χ4v) is 4.02. The molecule has 3 rings (SSSR count). The predicted molar refractivity (Wildman–Crippen MR) is 108 cm³/mol. The van der Waals surface area contributed by atoms with Gasteiger partial charge in [-0.2, -0.15) is 0 Å². The van der Waals surface area contributed by atoms with Gasteiger partial charge in [0.25, 0.3) is 0 Å². The largest absolute Gasteiger partial charge is 0.496 e. The van der Waals surface area contributed by atoms with E-state index in [1.54, 1.807) is 18.9 Å². The number of nitrogens with two attached hydrogens (primary N) is 1. The van der Waals surface area contributed by atoms with Gasteiger partial charge in [0.15, 0.2) is 5.78 Å². The second-order valence-electron chi connectivity index (χ2n) is 5.88. The summed E-state index contributed by atoms with van der Waals surface area (Å²) in [6, 6.07) is 24.9. The molecule has 2 N–H and O–H groups in total. The average Bonchev–Trinajstić information content (AvgIpc) is 2.69. The molecule has 1 atom stereocenters. The summed E-state index contributed by atoms with van der Waals surface area (Å²) in [6.07, 6.45) is 0.364. The molecule has 0 amide bonds. The zero-order valence-electron chi connectivity index (χ0n) is 14.6. The zero-order chi connectivity index (χ0) is 18.4. The first kappa shape index (κ1) is 18.1. The van der Waals surface area contributed by atoms with Crippen LogP contribution in [0.3, 0.4) is 0 Å². The molecule has 0 fully saturated rings. The molecule has 0 bridgehead atoms. The molecule has 0 saturated carbocycles. The number of para-hydroxylation sites is 2. The van der Waals surface area contributed by atoms with Gasteiger partial charge in [-0.25, -0.2) is 0 Å². The van der Waals surface area contributed by atoms with Gasteiger partial charge in [-0.05, 0) is 18.2 Å². The fraction of sp³-hybridized carbons (Fsp3) is 0.136. The molecule has 0 unspecified atom stereocenters. The van der Waals surface area contributed by atoms with E-state index in [4.69, 9.17) is 10.5 Å². The number of carbonyl (C=O) groups excluding carboxylic acids is 1. The molecule has 0 radical (unpaired) electrons. The van der Waals surface area contributed by atoms with E-state index >= 15 is 0 Å². The number of benzene rings is 3. The minimum absolute atomic E-state index is 0.0939. The normalized spacial score (nSPS) is 11.7. The maximum Gasteiger partial charge on any atom is 0.164 e. The molecule has 3 aromatic rings. The summed E-state index contributed by atoms with van der Waals surface area (Å²) in [6.45, 7) is 0. The Labute approximate surface area is 158 Å². The Bertz CT molecular complexity index is 880. The lowest BCUT2D eigenvalue weighted by molar-refractivity contribution is 0.0982. The number of anilines is 1. The molecule has 26 heavy (non-hydrogen) atoms. The van der Waals surface area contributed by atoms with Crippen LogP contribution in [0.15, 0.2) is 83.8 Å². The maximum absolute atomic E-state index is 12.8. The van der Waals surface area contributed by atoms with Crippen LogP contribution in [0.25, 0.3) is 0 Å². The second-order valence-corrected chi connectivity index (χ2v) is 7.12. The lowest BCUT2D eigenvalue weighted by atomic mass is 10.0. The lowest BCUT2D eigenvalue weighted by Crippen LogP contribution is -2.07. The van der Waals surface area contributed by atoms with Crippen molar-refractivity contribution in [3.05, 3.63) is 90.0 Å². The Balaban J connectivity index is 1.93. The topological polar surface area (TPSA) is 52.3 Å². The van der Waals surface area contributed by atoms with E-state index in [1.165, 1.54) is 0 Å². The van der Waals surface area contributed by atoms with Crippen molar-refractivity contribution in [1.29, 1.82) is 0 Å². The highest BCUT2D eigenvalue weighted by atomic mass is 32.2. The van der Waals surface area contributed by atoms with E-state index in [2.05, 4.69) is 0 Å². The van der Waals surface area contributed by atoms with Gasteiger partial charge in [-0.1, -0.05) is 60.7 Å². The molecule has 3 nitrogen and oxygen atoms in total. The third-order valence-corrected chi connectivity index (χ3v) is 5.47. The number of Topliss-reactive ketones (excluding diaryl/α,β-unsaturated/α-hetero) is 1. The van der Waals surface area contributed by atoms with Crippen molar-refractivity contribution in [2.24, 2.45) is 0 Å². The van der Waals surface area contributed by atoms with E-state index in [1.807, 2.05) is 78.9 Å². The number of ketones is 1. The summed E-state index contributed by atoms with van der Waals surface area (Å²) in [5.74, 6) is 0.879. The van der Waals surface area contributed by atoms with Gasteiger partial charge in [-0.15, -0.1) is 11.8 Å². The van der Waals surface area contributed by atoms with E-state index in [0.717, 1.165) is 16.2 Å². The van der Waals surface area contributed by atoms with Gasteiger partial charge >= 0.3 is 0 Å². The van der Waals surface area contributed by atoms with Crippen LogP contribution in [0.5, 0.6) is 5.75 Å². The van der Waals surface area contributed by atoms with Crippen LogP contribution in [-0.2, 0) is 0 Å². The van der Waals surface area contributed by atoms with E-state index in [0.29, 0.717) is 17.7 Å². The molecule has 0 aliphatic heterocycles. The number of ether oxygens (including phenoxy) is 1. The minimum atomic E-state index is -0.0939. The van der Waals surface area contributed by atoms with Crippen molar-refractivity contribution < 1.29 is 9.53 Å². The van der Waals surface area contributed by atoms with E-state index in [-0.39, 0.29) is 11.0 Å². The maximum atomic E-state index is 12.8. The molecular weight excluding hydrogens is 342 g/mol. The fourth-order valence-electron chi connectivity index (χ4n) is 2.80. The van der Waals surface area contributed by atoms with Crippen LogP contribution in [0.4, 0.5) is 5.69 Å². The van der Waals surface area contributed by atoms with Crippen molar-refractivity contribution in [3.63, 3.8) is 0 Å². The van der Waals surface area contributed by atoms with Gasteiger partial charge in [0.2, 0.25) is 0 Å². The van der Waals surface area contributed by atoms with Gasteiger partial charge in [0, 0.05) is 33.4 Å². The number of methoxy groups -OCH3 is 1. The molecule has 4 heteroatoms. The van der Waals surface area contributed by atoms with Crippen molar-refractivity contribution in [3.8, 4) is 5.75 Å². The first-order valence-electron chi connectivity index (χ1n) is 8.41. The van der Waals surface area contributed by atoms with E-state index < -0.39 is 0 Å². The quantitative estimate of drug-likeness (QED) is 0.348. The van der Waals surface area contributed by atoms with Gasteiger partial charge < -0.3 is 10.5 Å². The summed E-state index contributed by atoms with van der Waals surface area (Å²) >= 11 is 1.60. The Morgan fingerprint density at radius 2 is 1.62 bits per heavy atom. The molecule has 3 aromatic carbocycles. The molecular formula is C22H21NO2S. The van der Waals surface area contributed by atoms with Crippen LogP contribution in [-0.4, -0.2) is 12.9 Å². The number of nitrogen functional groups attached to an aromatic ring is 1. The SMILES string of the molecule is COc1ccccc1[C@H](CC(=O)c1ccccc1)Sc1ccccc1N. The highest BCUT2D eigenvalue weighted by molar-refractivity contribution is 7.99. The highest BCUT2D eigenvalue weighted by Crippen LogP contribution is 2.43. The monoisotopic (exact) mass is 363 g/mol. The van der Waals surface area contributed by atoms with Crippen LogP contribution in [0.2, 0.25) is 0 Å². The molecule has 0 saturated heterocycles. The zero-order valence-corrected chi connectivity index (χ0v) is 15.4. The second kappa shape index (κ2) is 8.59. The number of rotatable bonds is 7. The van der Waals surface area contributed by atoms with Crippen LogP contribution in [0, 0.1) is 0 Å². The minimum Gasteiger partial charge on any atom is -0.496 e. The first-order valence-corrected chi connectivity index (χ1v) is 9.29. The van der Waals surface area contributed by atoms with Crippen LogP contribution >= 0.6 is 11.8 Å². The Kier molecular flexibility index (Phi) is 5.97. The molecule has 0 aliphatic rings. The van der Waals surface area contributed by atoms with Crippen molar-refractivity contribution in [1.82, 2.24) is 0 Å². The number of carbonyl (C=O) groups is 1.